The molecule has 1 atom stereocenters. The number of rotatable bonds is 3. The molecule has 1 unspecified atom stereocenters. The molecule has 1 aliphatic rings. The molecule has 2 heterocycles. The molecule has 1 aromatic heterocycles. The fourth-order valence-corrected chi connectivity index (χ4v) is 2.03. The van der Waals surface area contributed by atoms with Crippen LogP contribution < -0.4 is 10.2 Å². The Labute approximate surface area is 101 Å². The van der Waals surface area contributed by atoms with Gasteiger partial charge in [-0.2, -0.15) is 0 Å². The summed E-state index contributed by atoms with van der Waals surface area (Å²) in [6.45, 7) is 4.51. The van der Waals surface area contributed by atoms with Crippen molar-refractivity contribution in [3.05, 3.63) is 23.6 Å². The summed E-state index contributed by atoms with van der Waals surface area (Å²) in [5.74, 6) is 0.212. The number of anilines is 1. The first kappa shape index (κ1) is 12.3. The van der Waals surface area contributed by atoms with E-state index in [1.54, 1.807) is 19.3 Å². The molecule has 0 aromatic carbocycles. The Bertz CT molecular complexity index is 386. The highest BCUT2D eigenvalue weighted by atomic mass is 19.1. The SMILES string of the molecule is CNCc1ccnc(N2CCOC(C)C2)c1F. The zero-order valence-corrected chi connectivity index (χ0v) is 10.2. The van der Waals surface area contributed by atoms with E-state index >= 15 is 0 Å². The van der Waals surface area contributed by atoms with Gasteiger partial charge in [-0.1, -0.05) is 0 Å². The van der Waals surface area contributed by atoms with Crippen molar-refractivity contribution in [3.8, 4) is 0 Å². The quantitative estimate of drug-likeness (QED) is 0.859. The third kappa shape index (κ3) is 2.73. The first-order valence-electron chi connectivity index (χ1n) is 5.87. The molecule has 1 N–H and O–H groups in total. The largest absolute Gasteiger partial charge is 0.375 e. The third-order valence-electron chi connectivity index (χ3n) is 2.86. The Balaban J connectivity index is 2.22. The lowest BCUT2D eigenvalue weighted by Crippen LogP contribution is -2.42. The third-order valence-corrected chi connectivity index (χ3v) is 2.86. The Hall–Kier alpha value is -1.20. The first-order chi connectivity index (χ1) is 8.22. The van der Waals surface area contributed by atoms with Crippen molar-refractivity contribution in [2.24, 2.45) is 0 Å². The summed E-state index contributed by atoms with van der Waals surface area (Å²) in [6, 6.07) is 1.71. The van der Waals surface area contributed by atoms with Crippen molar-refractivity contribution in [1.82, 2.24) is 10.3 Å². The van der Waals surface area contributed by atoms with Crippen molar-refractivity contribution in [2.75, 3.05) is 31.6 Å². The summed E-state index contributed by atoms with van der Waals surface area (Å²) in [4.78, 5) is 6.09. The van der Waals surface area contributed by atoms with E-state index in [0.717, 1.165) is 0 Å². The van der Waals surface area contributed by atoms with Crippen LogP contribution in [-0.2, 0) is 11.3 Å². The monoisotopic (exact) mass is 239 g/mol. The van der Waals surface area contributed by atoms with E-state index in [-0.39, 0.29) is 11.9 Å². The van der Waals surface area contributed by atoms with E-state index in [9.17, 15) is 4.39 Å². The fourth-order valence-electron chi connectivity index (χ4n) is 2.03. The lowest BCUT2D eigenvalue weighted by Gasteiger charge is -2.32. The highest BCUT2D eigenvalue weighted by Gasteiger charge is 2.21. The van der Waals surface area contributed by atoms with Gasteiger partial charge in [0.25, 0.3) is 0 Å². The maximum absolute atomic E-state index is 14.2. The molecule has 1 aromatic rings. The molecule has 0 radical (unpaired) electrons. The number of hydrogen-bond donors (Lipinski definition) is 1. The number of pyridine rings is 1. The number of hydrogen-bond acceptors (Lipinski definition) is 4. The predicted octanol–water partition coefficient (Wildman–Crippen LogP) is 1.17. The summed E-state index contributed by atoms with van der Waals surface area (Å²) in [6.07, 6.45) is 1.78. The maximum Gasteiger partial charge on any atom is 0.170 e. The van der Waals surface area contributed by atoms with Crippen molar-refractivity contribution in [2.45, 2.75) is 19.6 Å². The summed E-state index contributed by atoms with van der Waals surface area (Å²) in [5, 5.41) is 2.95. The maximum atomic E-state index is 14.2. The lowest BCUT2D eigenvalue weighted by atomic mass is 10.2. The molecule has 2 rings (SSSR count). The molecule has 0 amide bonds. The number of nitrogens with one attached hydrogen (secondary N) is 1. The number of morpholine rings is 1. The molecule has 1 fully saturated rings. The van der Waals surface area contributed by atoms with Crippen LogP contribution in [0.4, 0.5) is 10.2 Å². The molecule has 1 aliphatic heterocycles. The minimum absolute atomic E-state index is 0.123. The molecule has 1 saturated heterocycles. The van der Waals surface area contributed by atoms with Gasteiger partial charge in [0.15, 0.2) is 11.6 Å². The zero-order chi connectivity index (χ0) is 12.3. The van der Waals surface area contributed by atoms with Gasteiger partial charge < -0.3 is 15.0 Å². The first-order valence-corrected chi connectivity index (χ1v) is 5.87. The van der Waals surface area contributed by atoms with E-state index in [2.05, 4.69) is 10.3 Å². The average Bonchev–Trinajstić information content (AvgIpc) is 2.32. The highest BCUT2D eigenvalue weighted by Crippen LogP contribution is 2.21. The van der Waals surface area contributed by atoms with Crippen LogP contribution in [0.1, 0.15) is 12.5 Å². The summed E-state index contributed by atoms with van der Waals surface area (Å²) >= 11 is 0. The van der Waals surface area contributed by atoms with Gasteiger partial charge in [-0.15, -0.1) is 0 Å². The van der Waals surface area contributed by atoms with Crippen molar-refractivity contribution < 1.29 is 9.13 Å². The van der Waals surface area contributed by atoms with Crippen LogP contribution in [0.3, 0.4) is 0 Å². The Morgan fingerprint density at radius 2 is 2.47 bits per heavy atom. The van der Waals surface area contributed by atoms with E-state index in [0.29, 0.717) is 37.6 Å². The zero-order valence-electron chi connectivity index (χ0n) is 10.2. The minimum atomic E-state index is -0.226. The number of ether oxygens (including phenoxy) is 1. The van der Waals surface area contributed by atoms with Crippen LogP contribution >= 0.6 is 0 Å². The predicted molar refractivity (Wildman–Crippen MR) is 64.6 cm³/mol. The molecule has 0 saturated carbocycles. The van der Waals surface area contributed by atoms with Gasteiger partial charge in [0, 0.05) is 31.4 Å². The van der Waals surface area contributed by atoms with Crippen LogP contribution in [-0.4, -0.2) is 37.8 Å². The van der Waals surface area contributed by atoms with Crippen LogP contribution in [0.15, 0.2) is 12.3 Å². The normalized spacial score (nSPS) is 20.6. The molecular formula is C12H18FN3O. The summed E-state index contributed by atoms with van der Waals surface area (Å²) in [7, 11) is 1.80. The van der Waals surface area contributed by atoms with Crippen LogP contribution in [0.25, 0.3) is 0 Å². The van der Waals surface area contributed by atoms with E-state index in [4.69, 9.17) is 4.74 Å². The van der Waals surface area contributed by atoms with Gasteiger partial charge in [0.05, 0.1) is 12.7 Å². The highest BCUT2D eigenvalue weighted by molar-refractivity contribution is 5.43. The van der Waals surface area contributed by atoms with Crippen LogP contribution in [0.5, 0.6) is 0 Å². The second-order valence-electron chi connectivity index (χ2n) is 4.27. The van der Waals surface area contributed by atoms with Crippen molar-refractivity contribution in [3.63, 3.8) is 0 Å². The molecular weight excluding hydrogens is 221 g/mol. The topological polar surface area (TPSA) is 37.4 Å². The number of nitrogens with zero attached hydrogens (tertiary/aromatic N) is 2. The molecule has 5 heteroatoms. The smallest absolute Gasteiger partial charge is 0.170 e. The number of halogens is 1. The second kappa shape index (κ2) is 5.42. The van der Waals surface area contributed by atoms with E-state index in [1.165, 1.54) is 0 Å². The standard InChI is InChI=1S/C12H18FN3O/c1-9-8-16(5-6-17-9)12-11(13)10(7-14-2)3-4-15-12/h3-4,9,14H,5-8H2,1-2H3. The second-order valence-corrected chi connectivity index (χ2v) is 4.27. The Kier molecular flexibility index (Phi) is 3.91. The molecule has 0 spiro atoms. The van der Waals surface area contributed by atoms with Crippen molar-refractivity contribution >= 4 is 5.82 Å². The van der Waals surface area contributed by atoms with Crippen LogP contribution in [0, 0.1) is 5.82 Å². The molecule has 17 heavy (non-hydrogen) atoms. The van der Waals surface area contributed by atoms with Crippen molar-refractivity contribution in [1.29, 1.82) is 0 Å². The van der Waals surface area contributed by atoms with Gasteiger partial charge in [-0.3, -0.25) is 0 Å². The summed E-state index contributed by atoms with van der Waals surface area (Å²) in [5.41, 5.74) is 0.650. The number of aromatic nitrogens is 1. The molecule has 4 nitrogen and oxygen atoms in total. The Morgan fingerprint density at radius 3 is 3.18 bits per heavy atom. The summed E-state index contributed by atoms with van der Waals surface area (Å²) < 4.78 is 19.6. The van der Waals surface area contributed by atoms with E-state index in [1.807, 2.05) is 11.8 Å². The van der Waals surface area contributed by atoms with E-state index < -0.39 is 0 Å². The Morgan fingerprint density at radius 1 is 1.65 bits per heavy atom. The molecule has 0 bridgehead atoms. The molecule has 0 aliphatic carbocycles. The van der Waals surface area contributed by atoms with Gasteiger partial charge >= 0.3 is 0 Å². The minimum Gasteiger partial charge on any atom is -0.375 e. The van der Waals surface area contributed by atoms with Gasteiger partial charge in [-0.05, 0) is 20.0 Å². The van der Waals surface area contributed by atoms with Gasteiger partial charge in [-0.25, -0.2) is 9.37 Å². The molecule has 94 valence electrons. The van der Waals surface area contributed by atoms with Crippen LogP contribution in [0.2, 0.25) is 0 Å². The average molecular weight is 239 g/mol. The van der Waals surface area contributed by atoms with Gasteiger partial charge in [0.1, 0.15) is 0 Å². The van der Waals surface area contributed by atoms with Gasteiger partial charge in [0.2, 0.25) is 0 Å². The fraction of sp³-hybridized carbons (Fsp3) is 0.583. The lowest BCUT2D eigenvalue weighted by molar-refractivity contribution is 0.0527.